The summed E-state index contributed by atoms with van der Waals surface area (Å²) in [6.07, 6.45) is 9.78. The van der Waals surface area contributed by atoms with Crippen LogP contribution >= 0.6 is 0 Å². The summed E-state index contributed by atoms with van der Waals surface area (Å²) in [6, 6.07) is -1.22. The normalized spacial score (nSPS) is 36.2. The number of amides is 4. The Morgan fingerprint density at radius 2 is 1.97 bits per heavy atom. The Morgan fingerprint density at radius 1 is 1.19 bits per heavy atom. The molecule has 4 amide bonds. The molecule has 1 saturated carbocycles. The zero-order valence-electron chi connectivity index (χ0n) is 18.8. The van der Waals surface area contributed by atoms with Gasteiger partial charge in [0.15, 0.2) is 0 Å². The fraction of sp³-hybridized carbons (Fsp3) is 0.739. The largest absolute Gasteiger partial charge is 0.464 e. The number of likely N-dealkylation sites (tertiary alicyclic amines) is 1. The van der Waals surface area contributed by atoms with E-state index in [9.17, 15) is 19.2 Å². The van der Waals surface area contributed by atoms with Crippen LogP contribution in [0.25, 0.3) is 0 Å². The standard InChI is InChI=1S/C23H34N4O5/c1-2-32-21(30)23-11-16(23)9-7-5-3-4-6-8-10-18(28)27-13-15-12-26(22(24)31)14-17(15)19(27)20(29)25-23/h7,9,15-17,19H,2-6,8,10-14H2,1H3,(H2,24,31)(H,25,29)/b9-7-/t15-,16+,17-,19-,23+/m0/s1. The predicted molar refractivity (Wildman–Crippen MR) is 116 cm³/mol. The molecule has 4 aliphatic rings. The molecule has 9 nitrogen and oxygen atoms in total. The summed E-state index contributed by atoms with van der Waals surface area (Å²) in [5.41, 5.74) is 4.41. The van der Waals surface area contributed by atoms with Crippen molar-refractivity contribution < 1.29 is 23.9 Å². The first-order valence-electron chi connectivity index (χ1n) is 11.9. The molecule has 176 valence electrons. The highest BCUT2D eigenvalue weighted by Crippen LogP contribution is 2.47. The number of allylic oxidation sites excluding steroid dienone is 1. The Kier molecular flexibility index (Phi) is 6.44. The van der Waals surface area contributed by atoms with Gasteiger partial charge in [0.1, 0.15) is 11.6 Å². The van der Waals surface area contributed by atoms with Crippen LogP contribution in [-0.4, -0.2) is 71.4 Å². The van der Waals surface area contributed by atoms with Crippen LogP contribution in [0.5, 0.6) is 0 Å². The number of ether oxygens (including phenoxy) is 1. The Hall–Kier alpha value is -2.58. The number of carbonyl (C=O) groups is 4. The van der Waals surface area contributed by atoms with Crippen molar-refractivity contribution in [1.82, 2.24) is 15.1 Å². The number of carbonyl (C=O) groups excluding carboxylic acids is 4. The monoisotopic (exact) mass is 446 g/mol. The highest BCUT2D eigenvalue weighted by Gasteiger charge is 2.63. The number of hydrogen-bond donors (Lipinski definition) is 2. The van der Waals surface area contributed by atoms with E-state index < -0.39 is 23.6 Å². The molecular weight excluding hydrogens is 412 g/mol. The zero-order chi connectivity index (χ0) is 22.9. The maximum Gasteiger partial charge on any atom is 0.332 e. The second-order valence-corrected chi connectivity index (χ2v) is 9.53. The van der Waals surface area contributed by atoms with E-state index in [2.05, 4.69) is 11.4 Å². The van der Waals surface area contributed by atoms with Gasteiger partial charge >= 0.3 is 12.0 Å². The number of hydrogen-bond acceptors (Lipinski definition) is 5. The SMILES string of the molecule is CCOC(=O)[C@@]12C[C@H]1/C=C\CCCCCCC(=O)N1C[C@@H]3CN(C(N)=O)C[C@@H]3[C@H]1C(=O)N2. The van der Waals surface area contributed by atoms with Crippen LogP contribution in [0.3, 0.4) is 0 Å². The van der Waals surface area contributed by atoms with E-state index in [-0.39, 0.29) is 36.2 Å². The first-order chi connectivity index (χ1) is 15.4. The van der Waals surface area contributed by atoms with Crippen LogP contribution in [0.4, 0.5) is 4.79 Å². The molecule has 32 heavy (non-hydrogen) atoms. The van der Waals surface area contributed by atoms with Crippen LogP contribution in [0.15, 0.2) is 12.2 Å². The van der Waals surface area contributed by atoms with Gasteiger partial charge in [-0.3, -0.25) is 9.59 Å². The van der Waals surface area contributed by atoms with Gasteiger partial charge in [0.25, 0.3) is 0 Å². The van der Waals surface area contributed by atoms with Gasteiger partial charge in [-0.1, -0.05) is 25.0 Å². The van der Waals surface area contributed by atoms with E-state index in [0.29, 0.717) is 32.5 Å². The third-order valence-corrected chi connectivity index (χ3v) is 7.45. The van der Waals surface area contributed by atoms with Crippen molar-refractivity contribution in [3.05, 3.63) is 12.2 Å². The summed E-state index contributed by atoms with van der Waals surface area (Å²) in [6.45, 7) is 3.20. The molecule has 2 saturated heterocycles. The van der Waals surface area contributed by atoms with Crippen molar-refractivity contribution >= 4 is 23.8 Å². The number of nitrogens with zero attached hydrogens (tertiary/aromatic N) is 2. The second-order valence-electron chi connectivity index (χ2n) is 9.53. The predicted octanol–water partition coefficient (Wildman–Crippen LogP) is 1.17. The molecule has 9 heteroatoms. The molecule has 5 atom stereocenters. The van der Waals surface area contributed by atoms with Gasteiger partial charge in [-0.15, -0.1) is 0 Å². The first-order valence-corrected chi connectivity index (χ1v) is 11.9. The lowest BCUT2D eigenvalue weighted by atomic mass is 9.93. The molecule has 0 unspecified atom stereocenters. The van der Waals surface area contributed by atoms with E-state index >= 15 is 0 Å². The Balaban J connectivity index is 1.60. The molecule has 4 rings (SSSR count). The summed E-state index contributed by atoms with van der Waals surface area (Å²) >= 11 is 0. The van der Waals surface area contributed by atoms with E-state index in [4.69, 9.17) is 10.5 Å². The lowest BCUT2D eigenvalue weighted by molar-refractivity contribution is -0.150. The lowest BCUT2D eigenvalue weighted by Gasteiger charge is -2.30. The van der Waals surface area contributed by atoms with Gasteiger partial charge in [-0.2, -0.15) is 0 Å². The van der Waals surface area contributed by atoms with Gasteiger partial charge in [0, 0.05) is 43.8 Å². The van der Waals surface area contributed by atoms with Gasteiger partial charge in [0.2, 0.25) is 11.8 Å². The quantitative estimate of drug-likeness (QED) is 0.487. The lowest BCUT2D eigenvalue weighted by Crippen LogP contribution is -2.55. The summed E-state index contributed by atoms with van der Waals surface area (Å²) in [5.74, 6) is -1.08. The molecule has 3 aliphatic heterocycles. The number of urea groups is 1. The minimum atomic E-state index is -1.07. The molecule has 0 aromatic carbocycles. The van der Waals surface area contributed by atoms with Crippen LogP contribution in [-0.2, 0) is 19.1 Å². The Bertz CT molecular complexity index is 814. The topological polar surface area (TPSA) is 122 Å². The van der Waals surface area contributed by atoms with Crippen molar-refractivity contribution in [3.8, 4) is 0 Å². The van der Waals surface area contributed by atoms with Crippen LogP contribution in [0.2, 0.25) is 0 Å². The Labute approximate surface area is 188 Å². The number of esters is 1. The molecule has 0 radical (unpaired) electrons. The van der Waals surface area contributed by atoms with Crippen molar-refractivity contribution in [1.29, 1.82) is 0 Å². The highest BCUT2D eigenvalue weighted by molar-refractivity contribution is 5.95. The molecule has 3 fully saturated rings. The number of nitrogens with two attached hydrogens (primary N) is 1. The van der Waals surface area contributed by atoms with E-state index in [1.165, 1.54) is 0 Å². The van der Waals surface area contributed by atoms with Crippen LogP contribution in [0.1, 0.15) is 51.9 Å². The third-order valence-electron chi connectivity index (χ3n) is 7.45. The smallest absolute Gasteiger partial charge is 0.332 e. The van der Waals surface area contributed by atoms with Gasteiger partial charge in [-0.05, 0) is 32.6 Å². The van der Waals surface area contributed by atoms with Crippen LogP contribution < -0.4 is 11.1 Å². The second kappa shape index (κ2) is 9.11. The highest BCUT2D eigenvalue weighted by atomic mass is 16.5. The molecule has 0 aromatic rings. The number of fused-ring (bicyclic) bond motifs is 4. The summed E-state index contributed by atoms with van der Waals surface area (Å²) in [7, 11) is 0. The number of nitrogens with one attached hydrogen (secondary N) is 1. The van der Waals surface area contributed by atoms with E-state index in [0.717, 1.165) is 32.1 Å². The maximum absolute atomic E-state index is 13.6. The fourth-order valence-electron chi connectivity index (χ4n) is 5.62. The van der Waals surface area contributed by atoms with E-state index in [1.807, 2.05) is 6.08 Å². The number of rotatable bonds is 2. The van der Waals surface area contributed by atoms with Crippen molar-refractivity contribution in [2.75, 3.05) is 26.2 Å². The summed E-state index contributed by atoms with van der Waals surface area (Å²) in [5, 5.41) is 2.98. The van der Waals surface area contributed by atoms with Gasteiger partial charge in [0.05, 0.1) is 6.61 Å². The molecule has 0 aromatic heterocycles. The van der Waals surface area contributed by atoms with E-state index in [1.54, 1.807) is 16.7 Å². The molecule has 3 N–H and O–H groups in total. The summed E-state index contributed by atoms with van der Waals surface area (Å²) in [4.78, 5) is 54.4. The molecule has 1 aliphatic carbocycles. The molecule has 0 bridgehead atoms. The minimum Gasteiger partial charge on any atom is -0.464 e. The summed E-state index contributed by atoms with van der Waals surface area (Å²) < 4.78 is 5.29. The molecule has 0 spiro atoms. The fourth-order valence-corrected chi connectivity index (χ4v) is 5.62. The maximum atomic E-state index is 13.6. The van der Waals surface area contributed by atoms with Crippen LogP contribution in [0, 0.1) is 17.8 Å². The van der Waals surface area contributed by atoms with Gasteiger partial charge in [-0.25, -0.2) is 9.59 Å². The van der Waals surface area contributed by atoms with Gasteiger partial charge < -0.3 is 25.6 Å². The van der Waals surface area contributed by atoms with Crippen molar-refractivity contribution in [2.24, 2.45) is 23.5 Å². The Morgan fingerprint density at radius 3 is 2.72 bits per heavy atom. The van der Waals surface area contributed by atoms with Crippen molar-refractivity contribution in [3.63, 3.8) is 0 Å². The first kappa shape index (κ1) is 22.6. The zero-order valence-corrected chi connectivity index (χ0v) is 18.8. The minimum absolute atomic E-state index is 0.00882. The van der Waals surface area contributed by atoms with Crippen molar-refractivity contribution in [2.45, 2.75) is 63.5 Å². The number of primary amides is 1. The molecule has 3 heterocycles. The average Bonchev–Trinajstić information content (AvgIpc) is 3.10. The molecular formula is C23H34N4O5. The average molecular weight is 447 g/mol. The third kappa shape index (κ3) is 4.21.